The third-order valence-electron chi connectivity index (χ3n) is 5.58. The van der Waals surface area contributed by atoms with Crippen molar-refractivity contribution in [3.63, 3.8) is 0 Å². The van der Waals surface area contributed by atoms with E-state index in [1.54, 1.807) is 13.8 Å². The van der Waals surface area contributed by atoms with Crippen molar-refractivity contribution in [3.8, 4) is 0 Å². The third-order valence-corrected chi connectivity index (χ3v) is 6.49. The molecule has 2 saturated heterocycles. The van der Waals surface area contributed by atoms with Gasteiger partial charge in [0.25, 0.3) is 0 Å². The van der Waals surface area contributed by atoms with Crippen LogP contribution in [0.4, 0.5) is 0 Å². The molecule has 0 N–H and O–H groups in total. The highest BCUT2D eigenvalue weighted by atomic mass is 32.2. The van der Waals surface area contributed by atoms with Crippen LogP contribution < -0.4 is 0 Å². The number of rotatable bonds is 5. The van der Waals surface area contributed by atoms with Crippen LogP contribution in [0.3, 0.4) is 0 Å². The number of thioether (sulfide) groups is 1. The normalized spacial score (nSPS) is 23.9. The number of likely N-dealkylation sites (tertiary alicyclic amines) is 2. The molecule has 2 aliphatic heterocycles. The second-order valence-corrected chi connectivity index (χ2v) is 8.46. The monoisotopic (exact) mass is 400 g/mol. The fourth-order valence-electron chi connectivity index (χ4n) is 4.37. The van der Waals surface area contributed by atoms with Crippen molar-refractivity contribution in [2.45, 2.75) is 25.6 Å². The predicted octanol–water partition coefficient (Wildman–Crippen LogP) is 2.29. The molecule has 0 bridgehead atoms. The molecule has 0 aliphatic carbocycles. The topological polar surface area (TPSA) is 79.5 Å². The molecule has 0 spiro atoms. The van der Waals surface area contributed by atoms with Gasteiger partial charge in [0.15, 0.2) is 5.82 Å². The minimum Gasteiger partial charge on any atom is -0.341 e. The molecular formula is C20H24N4O3S. The molecule has 0 saturated carbocycles. The molecule has 0 unspecified atom stereocenters. The van der Waals surface area contributed by atoms with Crippen molar-refractivity contribution in [1.82, 2.24) is 19.9 Å². The summed E-state index contributed by atoms with van der Waals surface area (Å²) in [5, 5.41) is 3.76. The van der Waals surface area contributed by atoms with Gasteiger partial charge in [0.05, 0.1) is 17.5 Å². The number of aromatic nitrogens is 2. The molecule has 7 nitrogen and oxygen atoms in total. The highest BCUT2D eigenvalue weighted by molar-refractivity contribution is 7.99. The quantitative estimate of drug-likeness (QED) is 0.766. The van der Waals surface area contributed by atoms with Crippen molar-refractivity contribution in [1.29, 1.82) is 0 Å². The zero-order valence-electron chi connectivity index (χ0n) is 16.1. The van der Waals surface area contributed by atoms with E-state index in [0.29, 0.717) is 41.6 Å². The number of aryl methyl sites for hydroxylation is 1. The number of fused-ring (bicyclic) bond motifs is 1. The van der Waals surface area contributed by atoms with Gasteiger partial charge in [-0.3, -0.25) is 9.59 Å². The number of hydrogen-bond acceptors (Lipinski definition) is 6. The Labute approximate surface area is 168 Å². The Kier molecular flexibility index (Phi) is 5.39. The van der Waals surface area contributed by atoms with Crippen molar-refractivity contribution < 1.29 is 14.1 Å². The molecule has 2 aliphatic rings. The first-order valence-electron chi connectivity index (χ1n) is 9.50. The average Bonchev–Trinajstić information content (AvgIpc) is 3.36. The Balaban J connectivity index is 1.38. The summed E-state index contributed by atoms with van der Waals surface area (Å²) >= 11 is 1.49. The van der Waals surface area contributed by atoms with Crippen LogP contribution in [0.1, 0.15) is 30.2 Å². The van der Waals surface area contributed by atoms with E-state index in [9.17, 15) is 9.59 Å². The number of nitrogens with zero attached hydrogens (tertiary/aromatic N) is 4. The highest BCUT2D eigenvalue weighted by Crippen LogP contribution is 2.45. The van der Waals surface area contributed by atoms with Crippen molar-refractivity contribution in [2.75, 3.05) is 25.4 Å². The van der Waals surface area contributed by atoms with E-state index < -0.39 is 0 Å². The summed E-state index contributed by atoms with van der Waals surface area (Å²) < 4.78 is 5.09. The van der Waals surface area contributed by atoms with Crippen molar-refractivity contribution >= 4 is 23.6 Å². The van der Waals surface area contributed by atoms with Crippen LogP contribution in [0.25, 0.3) is 0 Å². The maximum absolute atomic E-state index is 12.7. The summed E-state index contributed by atoms with van der Waals surface area (Å²) in [6.07, 6.45) is 0. The first-order valence-corrected chi connectivity index (χ1v) is 10.6. The summed E-state index contributed by atoms with van der Waals surface area (Å²) in [5.74, 6) is 2.96. The molecule has 3 atom stereocenters. The summed E-state index contributed by atoms with van der Waals surface area (Å²) in [5.41, 5.74) is 1.15. The molecule has 148 valence electrons. The van der Waals surface area contributed by atoms with Gasteiger partial charge in [-0.25, -0.2) is 0 Å². The SMILES string of the molecule is CC(=O)N1C[C@H]2CN(C(=O)CSCc3nc(C)no3)C[C@H]2[C@H]1c1ccccc1. The Morgan fingerprint density at radius 2 is 2.00 bits per heavy atom. The van der Waals surface area contributed by atoms with Gasteiger partial charge in [0.2, 0.25) is 17.7 Å². The van der Waals surface area contributed by atoms with Crippen LogP contribution in [-0.2, 0) is 15.3 Å². The van der Waals surface area contributed by atoms with Crippen LogP contribution in [0.2, 0.25) is 0 Å². The largest absolute Gasteiger partial charge is 0.341 e. The van der Waals surface area contributed by atoms with Gasteiger partial charge in [0, 0.05) is 38.4 Å². The molecule has 2 amide bonds. The maximum Gasteiger partial charge on any atom is 0.236 e. The van der Waals surface area contributed by atoms with Gasteiger partial charge < -0.3 is 14.3 Å². The third kappa shape index (κ3) is 3.78. The fourth-order valence-corrected chi connectivity index (χ4v) is 5.12. The van der Waals surface area contributed by atoms with Gasteiger partial charge in [0.1, 0.15) is 0 Å². The van der Waals surface area contributed by atoms with E-state index in [2.05, 4.69) is 22.3 Å². The number of amides is 2. The summed E-state index contributed by atoms with van der Waals surface area (Å²) in [6, 6.07) is 10.2. The molecule has 1 aromatic carbocycles. The second kappa shape index (κ2) is 7.95. The lowest BCUT2D eigenvalue weighted by atomic mass is 9.89. The van der Waals surface area contributed by atoms with Gasteiger partial charge in [-0.05, 0) is 12.5 Å². The van der Waals surface area contributed by atoms with E-state index in [1.165, 1.54) is 11.8 Å². The average molecular weight is 401 g/mol. The van der Waals surface area contributed by atoms with E-state index >= 15 is 0 Å². The lowest BCUT2D eigenvalue weighted by molar-refractivity contribution is -0.130. The highest BCUT2D eigenvalue weighted by Gasteiger charge is 2.49. The molecule has 28 heavy (non-hydrogen) atoms. The lowest BCUT2D eigenvalue weighted by Crippen LogP contribution is -2.37. The lowest BCUT2D eigenvalue weighted by Gasteiger charge is -2.29. The van der Waals surface area contributed by atoms with Crippen molar-refractivity contribution in [3.05, 3.63) is 47.6 Å². The zero-order chi connectivity index (χ0) is 19.7. The maximum atomic E-state index is 12.7. The molecule has 3 heterocycles. The Bertz CT molecular complexity index is 856. The number of carbonyl (C=O) groups is 2. The van der Waals surface area contributed by atoms with Gasteiger partial charge >= 0.3 is 0 Å². The van der Waals surface area contributed by atoms with Crippen LogP contribution in [0.5, 0.6) is 0 Å². The van der Waals surface area contributed by atoms with E-state index in [4.69, 9.17) is 4.52 Å². The van der Waals surface area contributed by atoms with Gasteiger partial charge in [-0.15, -0.1) is 11.8 Å². The van der Waals surface area contributed by atoms with Crippen molar-refractivity contribution in [2.24, 2.45) is 11.8 Å². The van der Waals surface area contributed by atoms with Crippen LogP contribution in [0.15, 0.2) is 34.9 Å². The second-order valence-electron chi connectivity index (χ2n) is 7.48. The fraction of sp³-hybridized carbons (Fsp3) is 0.500. The van der Waals surface area contributed by atoms with Crippen LogP contribution in [0, 0.1) is 18.8 Å². The number of hydrogen-bond donors (Lipinski definition) is 0. The number of carbonyl (C=O) groups excluding carboxylic acids is 2. The van der Waals surface area contributed by atoms with E-state index in [1.807, 2.05) is 28.0 Å². The Hall–Kier alpha value is -2.35. The minimum absolute atomic E-state index is 0.0514. The van der Waals surface area contributed by atoms with Gasteiger partial charge in [-0.1, -0.05) is 35.5 Å². The summed E-state index contributed by atoms with van der Waals surface area (Å²) in [6.45, 7) is 5.55. The Morgan fingerprint density at radius 3 is 2.68 bits per heavy atom. The van der Waals surface area contributed by atoms with Gasteiger partial charge in [-0.2, -0.15) is 4.98 Å². The van der Waals surface area contributed by atoms with Crippen LogP contribution in [-0.4, -0.2) is 57.1 Å². The predicted molar refractivity (Wildman–Crippen MR) is 105 cm³/mol. The van der Waals surface area contributed by atoms with E-state index in [0.717, 1.165) is 18.7 Å². The molecule has 2 aromatic rings. The molecular weight excluding hydrogens is 376 g/mol. The molecule has 0 radical (unpaired) electrons. The zero-order valence-corrected chi connectivity index (χ0v) is 16.9. The first kappa shape index (κ1) is 19.0. The summed E-state index contributed by atoms with van der Waals surface area (Å²) in [7, 11) is 0. The Morgan fingerprint density at radius 1 is 1.21 bits per heavy atom. The first-order chi connectivity index (χ1) is 13.5. The molecule has 4 rings (SSSR count). The minimum atomic E-state index is 0.0514. The molecule has 8 heteroatoms. The number of benzene rings is 1. The van der Waals surface area contributed by atoms with E-state index in [-0.39, 0.29) is 17.9 Å². The summed E-state index contributed by atoms with van der Waals surface area (Å²) in [4.78, 5) is 32.9. The smallest absolute Gasteiger partial charge is 0.236 e. The molecule has 2 fully saturated rings. The standard InChI is InChI=1S/C20H24N4O3S/c1-13-21-18(27-22-13)11-28-12-19(26)23-8-16-9-24(14(2)25)20(17(16)10-23)15-6-4-3-5-7-15/h3-7,16-17,20H,8-12H2,1-2H3/t16-,17-,20-/m1/s1. The molecule has 1 aromatic heterocycles. The van der Waals surface area contributed by atoms with Crippen LogP contribution >= 0.6 is 11.8 Å².